The maximum Gasteiger partial charge on any atom is 0.152 e. The summed E-state index contributed by atoms with van der Waals surface area (Å²) >= 11 is 0. The van der Waals surface area contributed by atoms with Crippen molar-refractivity contribution < 1.29 is 9.53 Å². The summed E-state index contributed by atoms with van der Waals surface area (Å²) in [4.78, 5) is 15.2. The highest BCUT2D eigenvalue weighted by Crippen LogP contribution is 2.31. The fraction of sp³-hybridized carbons (Fsp3) is 0.200. The summed E-state index contributed by atoms with van der Waals surface area (Å²) in [5, 5.41) is 0. The quantitative estimate of drug-likeness (QED) is 0.771. The maximum atomic E-state index is 11.1. The number of nitrogens with zero attached hydrogens (tertiary/aromatic N) is 1. The summed E-state index contributed by atoms with van der Waals surface area (Å²) in [6.07, 6.45) is 2.42. The van der Waals surface area contributed by atoms with Crippen molar-refractivity contribution in [2.75, 3.05) is 6.61 Å². The molecule has 0 aliphatic carbocycles. The first-order valence-corrected chi connectivity index (χ1v) is 5.90. The zero-order valence-electron chi connectivity index (χ0n) is 10.5. The summed E-state index contributed by atoms with van der Waals surface area (Å²) in [6, 6.07) is 9.61. The topological polar surface area (TPSA) is 39.2 Å². The minimum Gasteiger partial charge on any atom is -0.493 e. The molecule has 0 atom stereocenters. The monoisotopic (exact) mass is 241 g/mol. The first-order valence-electron chi connectivity index (χ1n) is 5.90. The Hall–Kier alpha value is -2.16. The van der Waals surface area contributed by atoms with E-state index in [1.165, 1.54) is 0 Å². The summed E-state index contributed by atoms with van der Waals surface area (Å²) < 4.78 is 5.59. The summed E-state index contributed by atoms with van der Waals surface area (Å²) in [5.41, 5.74) is 3.24. The molecule has 1 aromatic carbocycles. The van der Waals surface area contributed by atoms with E-state index in [4.69, 9.17) is 4.74 Å². The van der Waals surface area contributed by atoms with Crippen molar-refractivity contribution in [3.63, 3.8) is 0 Å². The third-order valence-electron chi connectivity index (χ3n) is 2.68. The third-order valence-corrected chi connectivity index (χ3v) is 2.68. The zero-order chi connectivity index (χ0) is 13.0. The van der Waals surface area contributed by atoms with Gasteiger partial charge in [0.05, 0.1) is 6.61 Å². The first kappa shape index (κ1) is 12.3. The molecule has 1 heterocycles. The lowest BCUT2D eigenvalue weighted by atomic mass is 10.0. The number of hydrogen-bond acceptors (Lipinski definition) is 3. The minimum absolute atomic E-state index is 0.577. The van der Waals surface area contributed by atoms with Gasteiger partial charge in [0, 0.05) is 23.0 Å². The molecule has 0 saturated carbocycles. The van der Waals surface area contributed by atoms with E-state index in [1.807, 2.05) is 44.2 Å². The fourth-order valence-corrected chi connectivity index (χ4v) is 1.87. The molecule has 0 amide bonds. The first-order chi connectivity index (χ1) is 8.76. The number of rotatable bonds is 4. The number of carbonyl (C=O) groups is 1. The van der Waals surface area contributed by atoms with Crippen molar-refractivity contribution in [1.29, 1.82) is 0 Å². The van der Waals surface area contributed by atoms with Crippen LogP contribution in [0.25, 0.3) is 11.1 Å². The number of pyridine rings is 1. The molecule has 0 unspecified atom stereocenters. The number of hydrogen-bond donors (Lipinski definition) is 0. The molecule has 2 rings (SSSR count). The van der Waals surface area contributed by atoms with Gasteiger partial charge in [-0.2, -0.15) is 0 Å². The van der Waals surface area contributed by atoms with Crippen LogP contribution in [0.1, 0.15) is 23.0 Å². The molecule has 92 valence electrons. The maximum absolute atomic E-state index is 11.1. The van der Waals surface area contributed by atoms with E-state index < -0.39 is 0 Å². The summed E-state index contributed by atoms with van der Waals surface area (Å²) in [7, 11) is 0. The van der Waals surface area contributed by atoms with Crippen LogP contribution in [0.5, 0.6) is 5.75 Å². The normalized spacial score (nSPS) is 10.1. The Balaban J connectivity index is 2.60. The molecule has 0 aliphatic heterocycles. The molecule has 0 saturated heterocycles. The molecule has 2 aromatic rings. The number of aldehydes is 1. The van der Waals surface area contributed by atoms with Crippen LogP contribution >= 0.6 is 0 Å². The Morgan fingerprint density at radius 3 is 2.78 bits per heavy atom. The largest absolute Gasteiger partial charge is 0.493 e. The van der Waals surface area contributed by atoms with Crippen molar-refractivity contribution in [2.24, 2.45) is 0 Å². The van der Waals surface area contributed by atoms with Crippen LogP contribution in [-0.2, 0) is 0 Å². The van der Waals surface area contributed by atoms with Gasteiger partial charge in [0.1, 0.15) is 5.75 Å². The summed E-state index contributed by atoms with van der Waals surface area (Å²) in [5.74, 6) is 0.786. The van der Waals surface area contributed by atoms with Gasteiger partial charge in [-0.05, 0) is 31.5 Å². The Morgan fingerprint density at radius 2 is 2.06 bits per heavy atom. The number of carbonyl (C=O) groups excluding carboxylic acids is 1. The van der Waals surface area contributed by atoms with E-state index in [9.17, 15) is 4.79 Å². The molecule has 1 aromatic heterocycles. The predicted octanol–water partition coefficient (Wildman–Crippen LogP) is 3.27. The number of aromatic nitrogens is 1. The van der Waals surface area contributed by atoms with Crippen LogP contribution in [0.3, 0.4) is 0 Å². The van der Waals surface area contributed by atoms with E-state index in [0.29, 0.717) is 12.2 Å². The second-order valence-corrected chi connectivity index (χ2v) is 3.96. The van der Waals surface area contributed by atoms with Gasteiger partial charge in [-0.15, -0.1) is 0 Å². The zero-order valence-corrected chi connectivity index (χ0v) is 10.5. The van der Waals surface area contributed by atoms with Gasteiger partial charge in [0.2, 0.25) is 0 Å². The van der Waals surface area contributed by atoms with Crippen LogP contribution in [0.4, 0.5) is 0 Å². The Bertz CT molecular complexity index is 564. The van der Waals surface area contributed by atoms with Crippen molar-refractivity contribution in [3.05, 3.63) is 47.8 Å². The molecule has 0 bridgehead atoms. The lowest BCUT2D eigenvalue weighted by Gasteiger charge is -2.12. The third kappa shape index (κ3) is 2.40. The van der Waals surface area contributed by atoms with Crippen molar-refractivity contribution in [1.82, 2.24) is 4.98 Å². The molecule has 3 nitrogen and oxygen atoms in total. The highest BCUT2D eigenvalue weighted by atomic mass is 16.5. The highest BCUT2D eigenvalue weighted by Gasteiger charge is 2.10. The number of aryl methyl sites for hydroxylation is 1. The SMILES string of the molecule is CCOc1ccccc1-c1cc(C)ncc1C=O. The van der Waals surface area contributed by atoms with Crippen molar-refractivity contribution in [3.8, 4) is 16.9 Å². The van der Waals surface area contributed by atoms with Gasteiger partial charge >= 0.3 is 0 Å². The fourth-order valence-electron chi connectivity index (χ4n) is 1.87. The molecule has 0 aliphatic rings. The Kier molecular flexibility index (Phi) is 3.72. The van der Waals surface area contributed by atoms with Crippen molar-refractivity contribution in [2.45, 2.75) is 13.8 Å². The van der Waals surface area contributed by atoms with Gasteiger partial charge in [-0.25, -0.2) is 0 Å². The lowest BCUT2D eigenvalue weighted by molar-refractivity contribution is 0.112. The molecule has 3 heteroatoms. The van der Waals surface area contributed by atoms with Crippen LogP contribution < -0.4 is 4.74 Å². The number of benzene rings is 1. The number of para-hydroxylation sites is 1. The van der Waals surface area contributed by atoms with E-state index in [0.717, 1.165) is 28.9 Å². The molecular weight excluding hydrogens is 226 g/mol. The molecule has 0 spiro atoms. The highest BCUT2D eigenvalue weighted by molar-refractivity contribution is 5.88. The average Bonchev–Trinajstić information content (AvgIpc) is 2.40. The van der Waals surface area contributed by atoms with E-state index in [1.54, 1.807) is 6.20 Å². The Labute approximate surface area is 106 Å². The molecule has 0 fully saturated rings. The van der Waals surface area contributed by atoms with Crippen LogP contribution in [-0.4, -0.2) is 17.9 Å². The molecule has 0 radical (unpaired) electrons. The Morgan fingerprint density at radius 1 is 1.28 bits per heavy atom. The minimum atomic E-state index is 0.577. The number of ether oxygens (including phenoxy) is 1. The standard InChI is InChI=1S/C15H15NO2/c1-3-18-15-7-5-4-6-13(15)14-8-11(2)16-9-12(14)10-17/h4-10H,3H2,1-2H3. The van der Waals surface area contributed by atoms with Gasteiger partial charge in [-0.1, -0.05) is 18.2 Å². The molecule has 0 N–H and O–H groups in total. The van der Waals surface area contributed by atoms with Crippen LogP contribution in [0, 0.1) is 6.92 Å². The summed E-state index contributed by atoms with van der Waals surface area (Å²) in [6.45, 7) is 4.44. The second kappa shape index (κ2) is 5.45. The van der Waals surface area contributed by atoms with Gasteiger partial charge in [0.25, 0.3) is 0 Å². The predicted molar refractivity (Wildman–Crippen MR) is 71.0 cm³/mol. The molecular formula is C15H15NO2. The van der Waals surface area contributed by atoms with E-state index >= 15 is 0 Å². The van der Waals surface area contributed by atoms with Gasteiger partial charge in [-0.3, -0.25) is 9.78 Å². The lowest BCUT2D eigenvalue weighted by Crippen LogP contribution is -1.97. The second-order valence-electron chi connectivity index (χ2n) is 3.96. The average molecular weight is 241 g/mol. The van der Waals surface area contributed by atoms with Crippen molar-refractivity contribution >= 4 is 6.29 Å². The van der Waals surface area contributed by atoms with E-state index in [2.05, 4.69) is 4.98 Å². The van der Waals surface area contributed by atoms with E-state index in [-0.39, 0.29) is 0 Å². The van der Waals surface area contributed by atoms with Crippen LogP contribution in [0.15, 0.2) is 36.5 Å². The smallest absolute Gasteiger partial charge is 0.152 e. The molecule has 18 heavy (non-hydrogen) atoms. The van der Waals surface area contributed by atoms with Gasteiger partial charge in [0.15, 0.2) is 6.29 Å². The van der Waals surface area contributed by atoms with Crippen LogP contribution in [0.2, 0.25) is 0 Å². The van der Waals surface area contributed by atoms with Gasteiger partial charge < -0.3 is 4.74 Å².